The molecule has 1 aromatic carbocycles. The van der Waals surface area contributed by atoms with E-state index in [0.717, 1.165) is 25.9 Å². The number of aryl methyl sites for hydroxylation is 1. The van der Waals surface area contributed by atoms with Gasteiger partial charge < -0.3 is 10.6 Å². The second kappa shape index (κ2) is 7.56. The molecule has 1 amide bonds. The number of nitrogens with one attached hydrogen (secondary N) is 2. The summed E-state index contributed by atoms with van der Waals surface area (Å²) < 4.78 is 0. The lowest BCUT2D eigenvalue weighted by Crippen LogP contribution is -2.45. The maximum Gasteiger partial charge on any atom is 0.285 e. The first-order valence-electron chi connectivity index (χ1n) is 7.16. The highest BCUT2D eigenvalue weighted by Gasteiger charge is 2.29. The van der Waals surface area contributed by atoms with Crippen LogP contribution in [-0.2, 0) is 0 Å². The van der Waals surface area contributed by atoms with E-state index >= 15 is 0 Å². The van der Waals surface area contributed by atoms with E-state index in [1.54, 1.807) is 19.1 Å². The van der Waals surface area contributed by atoms with Crippen LogP contribution in [0.15, 0.2) is 18.2 Å². The van der Waals surface area contributed by atoms with E-state index in [2.05, 4.69) is 17.6 Å². The Morgan fingerprint density at radius 3 is 2.82 bits per heavy atom. The molecule has 22 heavy (non-hydrogen) atoms. The van der Waals surface area contributed by atoms with Crippen molar-refractivity contribution in [3.63, 3.8) is 0 Å². The SMILES string of the molecule is Cc1cccc(C(=O)NCC2(C)CCCNC2)c1[N+](=O)[O-].Cl. The van der Waals surface area contributed by atoms with Crippen LogP contribution < -0.4 is 10.6 Å². The van der Waals surface area contributed by atoms with Crippen LogP contribution in [0.1, 0.15) is 35.7 Å². The summed E-state index contributed by atoms with van der Waals surface area (Å²) in [6.45, 7) is 6.13. The van der Waals surface area contributed by atoms with Gasteiger partial charge in [-0.15, -0.1) is 12.4 Å². The quantitative estimate of drug-likeness (QED) is 0.657. The third kappa shape index (κ3) is 4.18. The van der Waals surface area contributed by atoms with Gasteiger partial charge in [-0.2, -0.15) is 0 Å². The van der Waals surface area contributed by atoms with Gasteiger partial charge in [-0.3, -0.25) is 14.9 Å². The molecule has 7 heteroatoms. The van der Waals surface area contributed by atoms with Gasteiger partial charge in [0.2, 0.25) is 0 Å². The molecule has 0 spiro atoms. The molecule has 1 fully saturated rings. The van der Waals surface area contributed by atoms with E-state index in [1.165, 1.54) is 6.07 Å². The predicted molar refractivity (Wildman–Crippen MR) is 87.6 cm³/mol. The number of amides is 1. The number of rotatable bonds is 4. The maximum atomic E-state index is 12.3. The van der Waals surface area contributed by atoms with Gasteiger partial charge in [0, 0.05) is 18.7 Å². The molecule has 122 valence electrons. The molecule has 0 aromatic heterocycles. The molecule has 1 saturated heterocycles. The summed E-state index contributed by atoms with van der Waals surface area (Å²) in [6, 6.07) is 4.81. The van der Waals surface area contributed by atoms with Crippen LogP contribution in [0.3, 0.4) is 0 Å². The Labute approximate surface area is 136 Å². The van der Waals surface area contributed by atoms with Crippen molar-refractivity contribution in [2.24, 2.45) is 5.41 Å². The van der Waals surface area contributed by atoms with Gasteiger partial charge in [-0.1, -0.05) is 19.1 Å². The molecule has 0 aliphatic carbocycles. The number of hydrogen-bond donors (Lipinski definition) is 2. The van der Waals surface area contributed by atoms with Gasteiger partial charge in [-0.05, 0) is 37.8 Å². The summed E-state index contributed by atoms with van der Waals surface area (Å²) in [4.78, 5) is 22.9. The minimum absolute atomic E-state index is 0. The molecule has 1 aliphatic rings. The van der Waals surface area contributed by atoms with Crippen LogP contribution >= 0.6 is 12.4 Å². The Kier molecular flexibility index (Phi) is 6.32. The zero-order valence-corrected chi connectivity index (χ0v) is 13.7. The predicted octanol–water partition coefficient (Wildman–Crippen LogP) is 2.44. The van der Waals surface area contributed by atoms with Gasteiger partial charge in [-0.25, -0.2) is 0 Å². The lowest BCUT2D eigenvalue weighted by atomic mass is 9.83. The van der Waals surface area contributed by atoms with E-state index in [9.17, 15) is 14.9 Å². The van der Waals surface area contributed by atoms with Crippen molar-refractivity contribution in [2.75, 3.05) is 19.6 Å². The van der Waals surface area contributed by atoms with Crippen molar-refractivity contribution < 1.29 is 9.72 Å². The lowest BCUT2D eigenvalue weighted by molar-refractivity contribution is -0.385. The monoisotopic (exact) mass is 327 g/mol. The molecule has 2 N–H and O–H groups in total. The van der Waals surface area contributed by atoms with Crippen LogP contribution in [0.25, 0.3) is 0 Å². The highest BCUT2D eigenvalue weighted by molar-refractivity contribution is 5.98. The number of carbonyl (C=O) groups excluding carboxylic acids is 1. The molecular formula is C15H22ClN3O3. The molecule has 6 nitrogen and oxygen atoms in total. The van der Waals surface area contributed by atoms with Crippen LogP contribution in [0.2, 0.25) is 0 Å². The van der Waals surface area contributed by atoms with Gasteiger partial charge >= 0.3 is 0 Å². The number of carbonyl (C=O) groups is 1. The molecule has 1 heterocycles. The average molecular weight is 328 g/mol. The Bertz CT molecular complexity index is 557. The number of halogens is 1. The number of piperidine rings is 1. The number of hydrogen-bond acceptors (Lipinski definition) is 4. The summed E-state index contributed by atoms with van der Waals surface area (Å²) >= 11 is 0. The highest BCUT2D eigenvalue weighted by Crippen LogP contribution is 2.26. The Morgan fingerprint density at radius 2 is 2.23 bits per heavy atom. The van der Waals surface area contributed by atoms with Crippen LogP contribution in [-0.4, -0.2) is 30.5 Å². The number of benzene rings is 1. The van der Waals surface area contributed by atoms with E-state index in [4.69, 9.17) is 0 Å². The molecule has 0 bridgehead atoms. The van der Waals surface area contributed by atoms with Gasteiger partial charge in [0.15, 0.2) is 0 Å². The van der Waals surface area contributed by atoms with Gasteiger partial charge in [0.25, 0.3) is 11.6 Å². The molecule has 0 saturated carbocycles. The third-order valence-corrected chi connectivity index (χ3v) is 4.03. The van der Waals surface area contributed by atoms with Crippen molar-refractivity contribution in [1.82, 2.24) is 10.6 Å². The third-order valence-electron chi connectivity index (χ3n) is 4.03. The summed E-state index contributed by atoms with van der Waals surface area (Å²) in [5.41, 5.74) is 0.527. The van der Waals surface area contributed by atoms with Crippen molar-refractivity contribution in [3.8, 4) is 0 Å². The molecule has 0 radical (unpaired) electrons. The summed E-state index contributed by atoms with van der Waals surface area (Å²) in [6.07, 6.45) is 2.12. The minimum Gasteiger partial charge on any atom is -0.351 e. The number of nitrogens with zero attached hydrogens (tertiary/aromatic N) is 1. The number of nitro benzene ring substituents is 1. The molecule has 2 rings (SSSR count). The van der Waals surface area contributed by atoms with Crippen LogP contribution in [0, 0.1) is 22.5 Å². The van der Waals surface area contributed by atoms with Crippen LogP contribution in [0.4, 0.5) is 5.69 Å². The first kappa shape index (κ1) is 18.4. The molecule has 1 aliphatic heterocycles. The average Bonchev–Trinajstić information content (AvgIpc) is 2.45. The second-order valence-corrected chi connectivity index (χ2v) is 6.00. The summed E-state index contributed by atoms with van der Waals surface area (Å²) in [5, 5.41) is 17.3. The first-order chi connectivity index (χ1) is 9.93. The van der Waals surface area contributed by atoms with E-state index in [-0.39, 0.29) is 35.0 Å². The van der Waals surface area contributed by atoms with Crippen LogP contribution in [0.5, 0.6) is 0 Å². The van der Waals surface area contributed by atoms with Crippen molar-refractivity contribution >= 4 is 24.0 Å². The first-order valence-corrected chi connectivity index (χ1v) is 7.16. The molecule has 1 unspecified atom stereocenters. The molecular weight excluding hydrogens is 306 g/mol. The summed E-state index contributed by atoms with van der Waals surface area (Å²) in [7, 11) is 0. The van der Waals surface area contributed by atoms with E-state index in [1.807, 2.05) is 0 Å². The summed E-state index contributed by atoms with van der Waals surface area (Å²) in [5.74, 6) is -0.378. The molecule has 1 atom stereocenters. The topological polar surface area (TPSA) is 84.3 Å². The minimum atomic E-state index is -0.492. The second-order valence-electron chi connectivity index (χ2n) is 6.00. The largest absolute Gasteiger partial charge is 0.351 e. The van der Waals surface area contributed by atoms with Crippen molar-refractivity contribution in [2.45, 2.75) is 26.7 Å². The standard InChI is InChI=1S/C15H21N3O3.ClH/c1-11-5-3-6-12(13(11)18(20)21)14(19)17-10-15(2)7-4-8-16-9-15;/h3,5-6,16H,4,7-10H2,1-2H3,(H,17,19);1H. The molecule has 1 aromatic rings. The lowest BCUT2D eigenvalue weighted by Gasteiger charge is -2.34. The Hall–Kier alpha value is -1.66. The van der Waals surface area contributed by atoms with Crippen molar-refractivity contribution in [1.29, 1.82) is 0 Å². The van der Waals surface area contributed by atoms with E-state index in [0.29, 0.717) is 12.1 Å². The fourth-order valence-electron chi connectivity index (χ4n) is 2.74. The van der Waals surface area contributed by atoms with Gasteiger partial charge in [0.05, 0.1) is 4.92 Å². The van der Waals surface area contributed by atoms with E-state index < -0.39 is 4.92 Å². The number of nitro groups is 1. The Balaban J connectivity index is 0.00000242. The maximum absolute atomic E-state index is 12.3. The number of para-hydroxylation sites is 1. The smallest absolute Gasteiger partial charge is 0.285 e. The van der Waals surface area contributed by atoms with Crippen molar-refractivity contribution in [3.05, 3.63) is 39.4 Å². The zero-order chi connectivity index (χ0) is 15.5. The fourth-order valence-corrected chi connectivity index (χ4v) is 2.74. The Morgan fingerprint density at radius 1 is 1.50 bits per heavy atom. The van der Waals surface area contributed by atoms with Gasteiger partial charge in [0.1, 0.15) is 5.56 Å². The normalized spacial score (nSPS) is 20.8. The highest BCUT2D eigenvalue weighted by atomic mass is 35.5. The zero-order valence-electron chi connectivity index (χ0n) is 12.8. The fraction of sp³-hybridized carbons (Fsp3) is 0.533.